The van der Waals surface area contributed by atoms with Crippen LogP contribution >= 0.6 is 11.6 Å². The van der Waals surface area contributed by atoms with E-state index in [-0.39, 0.29) is 49.5 Å². The summed E-state index contributed by atoms with van der Waals surface area (Å²) in [5.74, 6) is -0.343. The third kappa shape index (κ3) is 4.54. The van der Waals surface area contributed by atoms with Gasteiger partial charge in [-0.1, -0.05) is 11.6 Å². The van der Waals surface area contributed by atoms with Crippen LogP contribution in [0.15, 0.2) is 23.9 Å². The van der Waals surface area contributed by atoms with Crippen molar-refractivity contribution in [2.45, 2.75) is 32.5 Å². The number of rotatable bonds is 5. The number of nitrogens with zero attached hydrogens (tertiary/aromatic N) is 3. The predicted molar refractivity (Wildman–Crippen MR) is 117 cm³/mol. The molecule has 2 unspecified atom stereocenters. The molecule has 1 saturated heterocycles. The molecule has 2 aromatic rings. The van der Waals surface area contributed by atoms with Crippen molar-refractivity contribution in [1.29, 1.82) is 0 Å². The van der Waals surface area contributed by atoms with E-state index in [0.29, 0.717) is 39.9 Å². The molecule has 1 aromatic heterocycles. The molecular weight excluding hydrogens is 440 g/mol. The molecule has 0 bridgehead atoms. The number of benzene rings is 1. The lowest BCUT2D eigenvalue weighted by molar-refractivity contribution is 0.0794. The largest absolute Gasteiger partial charge is 0.491 e. The lowest BCUT2D eigenvalue weighted by atomic mass is 10.1. The Morgan fingerprint density at radius 2 is 2.03 bits per heavy atom. The number of nitrogens with one attached hydrogen (secondary N) is 1. The quantitative estimate of drug-likeness (QED) is 0.708. The van der Waals surface area contributed by atoms with Crippen molar-refractivity contribution in [2.75, 3.05) is 26.2 Å². The van der Waals surface area contributed by atoms with Crippen molar-refractivity contribution in [3.63, 3.8) is 0 Å². The monoisotopic (exact) mass is 463 g/mol. The Morgan fingerprint density at radius 3 is 2.69 bits per heavy atom. The minimum Gasteiger partial charge on any atom is -0.491 e. The number of carbonyl (C=O) groups excluding carboxylic acids is 1. The first-order valence-electron chi connectivity index (χ1n) is 10.3. The molecule has 0 spiro atoms. The summed E-state index contributed by atoms with van der Waals surface area (Å²) in [6.07, 6.45) is -0.620. The van der Waals surface area contributed by atoms with Crippen LogP contribution < -0.4 is 15.8 Å². The Kier molecular flexibility index (Phi) is 6.30. The zero-order valence-corrected chi connectivity index (χ0v) is 18.5. The molecule has 170 valence electrons. The molecule has 4 rings (SSSR count). The Hall–Kier alpha value is -2.78. The van der Waals surface area contributed by atoms with Crippen LogP contribution in [0.25, 0.3) is 5.57 Å². The number of nitrogens with two attached hydrogens (primary N) is 1. The second-order valence-electron chi connectivity index (χ2n) is 8.09. The fourth-order valence-electron chi connectivity index (χ4n) is 3.89. The van der Waals surface area contributed by atoms with Gasteiger partial charge in [0.05, 0.1) is 35.1 Å². The first kappa shape index (κ1) is 22.4. The Balaban J connectivity index is 1.52. The smallest absolute Gasteiger partial charge is 0.258 e. The van der Waals surface area contributed by atoms with E-state index in [1.807, 2.05) is 0 Å². The Morgan fingerprint density at radius 1 is 1.31 bits per heavy atom. The molecule has 0 saturated carbocycles. The summed E-state index contributed by atoms with van der Waals surface area (Å²) in [5, 5.41) is 3.49. The molecule has 1 amide bonds. The number of hydrogen-bond acceptors (Lipinski definition) is 6. The minimum atomic E-state index is -0.934. The van der Waals surface area contributed by atoms with Gasteiger partial charge in [0.2, 0.25) is 0 Å². The molecule has 0 radical (unpaired) electrons. The van der Waals surface area contributed by atoms with Crippen LogP contribution in [0.2, 0.25) is 5.02 Å². The second-order valence-corrected chi connectivity index (χ2v) is 8.46. The van der Waals surface area contributed by atoms with E-state index in [9.17, 15) is 13.6 Å². The highest BCUT2D eigenvalue weighted by molar-refractivity contribution is 6.31. The molecular formula is C22H24ClF2N5O2. The van der Waals surface area contributed by atoms with E-state index in [0.717, 1.165) is 6.07 Å². The fourth-order valence-corrected chi connectivity index (χ4v) is 3.98. The van der Waals surface area contributed by atoms with Crippen LogP contribution in [0.4, 0.5) is 8.78 Å². The first-order valence-corrected chi connectivity index (χ1v) is 10.7. The van der Waals surface area contributed by atoms with Gasteiger partial charge < -0.3 is 20.7 Å². The number of hydrogen-bond donors (Lipinski definition) is 2. The minimum absolute atomic E-state index is 0.112. The van der Waals surface area contributed by atoms with Gasteiger partial charge in [-0.25, -0.2) is 18.7 Å². The van der Waals surface area contributed by atoms with Gasteiger partial charge in [0.1, 0.15) is 24.3 Å². The standard InChI is InChI=1S/C22H24ClF2N5O2/c1-11-20(23)12(2)29-21(28-11)17-8-30(9-18(17)26)22(31)16-4-3-13(24)6-19(16)32-10-15-5-14(25)7-27-15/h3-4,6,14-15,27H,5,7-10,26H2,1-2H3. The van der Waals surface area contributed by atoms with E-state index >= 15 is 0 Å². The summed E-state index contributed by atoms with van der Waals surface area (Å²) in [6.45, 7) is 4.34. The van der Waals surface area contributed by atoms with Crippen LogP contribution in [0.5, 0.6) is 5.75 Å². The van der Waals surface area contributed by atoms with E-state index < -0.39 is 12.0 Å². The third-order valence-corrected chi connectivity index (χ3v) is 6.17. The average molecular weight is 464 g/mol. The van der Waals surface area contributed by atoms with Gasteiger partial charge in [-0.2, -0.15) is 0 Å². The molecule has 32 heavy (non-hydrogen) atoms. The average Bonchev–Trinajstić information content (AvgIpc) is 3.35. The topological polar surface area (TPSA) is 93.4 Å². The highest BCUT2D eigenvalue weighted by Gasteiger charge is 2.30. The van der Waals surface area contributed by atoms with E-state index in [2.05, 4.69) is 15.3 Å². The van der Waals surface area contributed by atoms with Crippen molar-refractivity contribution in [3.05, 3.63) is 57.5 Å². The second kappa shape index (κ2) is 8.99. The molecule has 1 fully saturated rings. The molecule has 2 atom stereocenters. The van der Waals surface area contributed by atoms with Gasteiger partial charge in [-0.3, -0.25) is 4.79 Å². The number of ether oxygens (including phenoxy) is 1. The molecule has 1 aromatic carbocycles. The van der Waals surface area contributed by atoms with Crippen molar-refractivity contribution in [3.8, 4) is 5.75 Å². The molecule has 0 aliphatic carbocycles. The summed E-state index contributed by atoms with van der Waals surface area (Å²) >= 11 is 6.16. The van der Waals surface area contributed by atoms with Crippen LogP contribution in [0.1, 0.15) is 34.0 Å². The zero-order chi connectivity index (χ0) is 23.0. The molecule has 10 heteroatoms. The molecule has 2 aliphatic heterocycles. The number of alkyl halides is 1. The highest BCUT2D eigenvalue weighted by Crippen LogP contribution is 2.29. The number of aryl methyl sites for hydroxylation is 2. The maximum atomic E-state index is 13.9. The Bertz CT molecular complexity index is 1070. The van der Waals surface area contributed by atoms with E-state index in [1.165, 1.54) is 17.0 Å². The molecule has 3 heterocycles. The van der Waals surface area contributed by atoms with Gasteiger partial charge >= 0.3 is 0 Å². The van der Waals surface area contributed by atoms with Crippen LogP contribution in [-0.4, -0.2) is 59.2 Å². The van der Waals surface area contributed by atoms with Crippen molar-refractivity contribution >= 4 is 23.1 Å². The highest BCUT2D eigenvalue weighted by atomic mass is 35.5. The van der Waals surface area contributed by atoms with E-state index in [1.54, 1.807) is 13.8 Å². The third-order valence-electron chi connectivity index (χ3n) is 5.62. The van der Waals surface area contributed by atoms with Crippen molar-refractivity contribution in [2.24, 2.45) is 5.73 Å². The summed E-state index contributed by atoms with van der Waals surface area (Å²) in [5.41, 5.74) is 8.80. The van der Waals surface area contributed by atoms with Gasteiger partial charge in [0, 0.05) is 29.9 Å². The number of amides is 1. The molecule has 2 aliphatic rings. The SMILES string of the molecule is Cc1nc(C2=C(N)CN(C(=O)c3ccc(F)cc3OCC3CC(F)CN3)C2)nc(C)c1Cl. The summed E-state index contributed by atoms with van der Waals surface area (Å²) in [7, 11) is 0. The zero-order valence-electron chi connectivity index (χ0n) is 17.8. The van der Waals surface area contributed by atoms with Crippen molar-refractivity contribution in [1.82, 2.24) is 20.2 Å². The fraction of sp³-hybridized carbons (Fsp3) is 0.409. The molecule has 3 N–H and O–H groups in total. The number of aromatic nitrogens is 2. The summed E-state index contributed by atoms with van der Waals surface area (Å²) in [6, 6.07) is 3.56. The lowest BCUT2D eigenvalue weighted by Crippen LogP contribution is -2.32. The number of halogens is 3. The Labute approximate surface area is 189 Å². The normalized spacial score (nSPS) is 20.8. The lowest BCUT2D eigenvalue weighted by Gasteiger charge is -2.20. The van der Waals surface area contributed by atoms with Crippen LogP contribution in [0, 0.1) is 19.7 Å². The van der Waals surface area contributed by atoms with Crippen LogP contribution in [-0.2, 0) is 0 Å². The van der Waals surface area contributed by atoms with E-state index in [4.69, 9.17) is 22.1 Å². The van der Waals surface area contributed by atoms with Crippen molar-refractivity contribution < 1.29 is 18.3 Å². The van der Waals surface area contributed by atoms with Gasteiger partial charge in [0.15, 0.2) is 5.82 Å². The van der Waals surface area contributed by atoms with Gasteiger partial charge in [0.25, 0.3) is 5.91 Å². The van der Waals surface area contributed by atoms with Gasteiger partial charge in [-0.05, 0) is 32.4 Å². The van der Waals surface area contributed by atoms with Crippen LogP contribution in [0.3, 0.4) is 0 Å². The number of carbonyl (C=O) groups is 1. The first-order chi connectivity index (χ1) is 15.2. The maximum absolute atomic E-state index is 13.9. The predicted octanol–water partition coefficient (Wildman–Crippen LogP) is 2.79. The van der Waals surface area contributed by atoms with Gasteiger partial charge in [-0.15, -0.1) is 0 Å². The maximum Gasteiger partial charge on any atom is 0.258 e. The summed E-state index contributed by atoms with van der Waals surface area (Å²) < 4.78 is 33.0. The summed E-state index contributed by atoms with van der Waals surface area (Å²) in [4.78, 5) is 23.6. The molecule has 7 nitrogen and oxygen atoms in total.